The highest BCUT2D eigenvalue weighted by Crippen LogP contribution is 2.21. The summed E-state index contributed by atoms with van der Waals surface area (Å²) in [7, 11) is 0. The van der Waals surface area contributed by atoms with Gasteiger partial charge in [-0.05, 0) is 38.3 Å². The zero-order valence-electron chi connectivity index (χ0n) is 14.0. The summed E-state index contributed by atoms with van der Waals surface area (Å²) in [6.45, 7) is 7.81. The first kappa shape index (κ1) is 15.7. The predicted molar refractivity (Wildman–Crippen MR) is 91.3 cm³/mol. The van der Waals surface area contributed by atoms with Crippen molar-refractivity contribution in [2.75, 3.05) is 11.9 Å². The summed E-state index contributed by atoms with van der Waals surface area (Å²) in [6.07, 6.45) is 2.72. The molecule has 0 aliphatic carbocycles. The second-order valence-corrected chi connectivity index (χ2v) is 6.41. The summed E-state index contributed by atoms with van der Waals surface area (Å²) >= 11 is 0. The van der Waals surface area contributed by atoms with E-state index in [0.29, 0.717) is 0 Å². The van der Waals surface area contributed by atoms with Gasteiger partial charge in [0.15, 0.2) is 0 Å². The average molecular weight is 312 g/mol. The maximum atomic E-state index is 12.6. The van der Waals surface area contributed by atoms with Crippen molar-refractivity contribution in [3.8, 4) is 0 Å². The number of nitrogens with zero attached hydrogens (tertiary/aromatic N) is 3. The third kappa shape index (κ3) is 3.29. The van der Waals surface area contributed by atoms with Crippen molar-refractivity contribution in [3.05, 3.63) is 47.7 Å². The van der Waals surface area contributed by atoms with Crippen LogP contribution < -0.4 is 5.32 Å². The van der Waals surface area contributed by atoms with Gasteiger partial charge >= 0.3 is 0 Å². The van der Waals surface area contributed by atoms with E-state index in [0.717, 1.165) is 25.3 Å². The van der Waals surface area contributed by atoms with E-state index >= 15 is 0 Å². The lowest BCUT2D eigenvalue weighted by Crippen LogP contribution is -2.44. The number of hydrogen-bond acceptors (Lipinski definition) is 3. The van der Waals surface area contributed by atoms with Crippen LogP contribution in [0.25, 0.3) is 0 Å². The molecule has 1 atom stereocenters. The molecule has 2 heterocycles. The Hall–Kier alpha value is -2.14. The minimum absolute atomic E-state index is 0.0202. The number of nitrogens with one attached hydrogen (secondary N) is 1. The largest absolute Gasteiger partial charge is 0.310 e. The zero-order chi connectivity index (χ0) is 16.4. The Morgan fingerprint density at radius 2 is 1.91 bits per heavy atom. The second kappa shape index (κ2) is 6.54. The highest BCUT2D eigenvalue weighted by molar-refractivity contribution is 5.93. The van der Waals surface area contributed by atoms with Crippen molar-refractivity contribution in [2.24, 2.45) is 0 Å². The third-order valence-electron chi connectivity index (χ3n) is 4.50. The Balaban J connectivity index is 1.67. The average Bonchev–Trinajstić information content (AvgIpc) is 3.02. The molecule has 0 saturated heterocycles. The standard InChI is InChI=1S/C18H24N4O/c1-13(2)22-17(8-10-19-22)20-18(23)14(3)21-11-9-15-6-4-5-7-16(15)12-21/h4-8,10,13-14H,9,11-12H2,1-3H3,(H,20,23). The zero-order valence-corrected chi connectivity index (χ0v) is 14.0. The number of benzene rings is 1. The van der Waals surface area contributed by atoms with Crippen molar-refractivity contribution in [1.82, 2.24) is 14.7 Å². The topological polar surface area (TPSA) is 50.2 Å². The number of fused-ring (bicyclic) bond motifs is 1. The molecule has 0 spiro atoms. The fourth-order valence-corrected chi connectivity index (χ4v) is 3.07. The summed E-state index contributed by atoms with van der Waals surface area (Å²) in [5, 5.41) is 7.27. The van der Waals surface area contributed by atoms with Crippen molar-refractivity contribution in [2.45, 2.75) is 45.8 Å². The van der Waals surface area contributed by atoms with Gasteiger partial charge in [0.2, 0.25) is 5.91 Å². The van der Waals surface area contributed by atoms with Gasteiger partial charge in [-0.3, -0.25) is 9.69 Å². The summed E-state index contributed by atoms with van der Waals surface area (Å²) in [6, 6.07) is 10.4. The number of carbonyl (C=O) groups excluding carboxylic acids is 1. The molecule has 0 bridgehead atoms. The Kier molecular flexibility index (Phi) is 4.48. The van der Waals surface area contributed by atoms with E-state index in [1.165, 1.54) is 11.1 Å². The molecule has 1 aliphatic heterocycles. The molecule has 1 aromatic heterocycles. The second-order valence-electron chi connectivity index (χ2n) is 6.41. The molecule has 0 fully saturated rings. The van der Waals surface area contributed by atoms with Crippen LogP contribution in [-0.2, 0) is 17.8 Å². The van der Waals surface area contributed by atoms with Gasteiger partial charge in [-0.15, -0.1) is 0 Å². The molecule has 1 aliphatic rings. The maximum absolute atomic E-state index is 12.6. The first-order valence-electron chi connectivity index (χ1n) is 8.21. The molecule has 3 rings (SSSR count). The molecule has 1 N–H and O–H groups in total. The number of hydrogen-bond donors (Lipinski definition) is 1. The molecule has 5 nitrogen and oxygen atoms in total. The fraction of sp³-hybridized carbons (Fsp3) is 0.444. The van der Waals surface area contributed by atoms with Crippen molar-refractivity contribution >= 4 is 11.7 Å². The van der Waals surface area contributed by atoms with Crippen LogP contribution in [0.4, 0.5) is 5.82 Å². The Labute approximate surface area is 137 Å². The quantitative estimate of drug-likeness (QED) is 0.944. The van der Waals surface area contributed by atoms with Crippen LogP contribution in [0.3, 0.4) is 0 Å². The summed E-state index contributed by atoms with van der Waals surface area (Å²) < 4.78 is 1.83. The van der Waals surface area contributed by atoms with Gasteiger partial charge in [0.1, 0.15) is 5.82 Å². The van der Waals surface area contributed by atoms with Crippen LogP contribution in [-0.4, -0.2) is 33.2 Å². The summed E-state index contributed by atoms with van der Waals surface area (Å²) in [5.41, 5.74) is 2.72. The van der Waals surface area contributed by atoms with Gasteiger partial charge < -0.3 is 5.32 Å². The lowest BCUT2D eigenvalue weighted by Gasteiger charge is -2.32. The fourth-order valence-electron chi connectivity index (χ4n) is 3.07. The molecule has 1 amide bonds. The number of aromatic nitrogens is 2. The van der Waals surface area contributed by atoms with E-state index in [1.54, 1.807) is 6.20 Å². The van der Waals surface area contributed by atoms with E-state index in [1.807, 2.05) is 31.5 Å². The Bertz CT molecular complexity index is 692. The van der Waals surface area contributed by atoms with E-state index in [-0.39, 0.29) is 18.0 Å². The van der Waals surface area contributed by atoms with Gasteiger partial charge in [-0.1, -0.05) is 24.3 Å². The SMILES string of the molecule is CC(C(=O)Nc1ccnn1C(C)C)N1CCc2ccccc2C1. The highest BCUT2D eigenvalue weighted by atomic mass is 16.2. The normalized spacial score (nSPS) is 16.2. The molecule has 1 unspecified atom stereocenters. The van der Waals surface area contributed by atoms with E-state index < -0.39 is 0 Å². The lowest BCUT2D eigenvalue weighted by atomic mass is 9.99. The van der Waals surface area contributed by atoms with Crippen LogP contribution in [0.5, 0.6) is 0 Å². The van der Waals surface area contributed by atoms with Gasteiger partial charge in [0.25, 0.3) is 0 Å². The predicted octanol–water partition coefficient (Wildman–Crippen LogP) is 2.85. The maximum Gasteiger partial charge on any atom is 0.242 e. The number of anilines is 1. The Morgan fingerprint density at radius 3 is 2.65 bits per heavy atom. The van der Waals surface area contributed by atoms with Gasteiger partial charge in [-0.25, -0.2) is 4.68 Å². The van der Waals surface area contributed by atoms with Crippen molar-refractivity contribution < 1.29 is 4.79 Å². The first-order valence-corrected chi connectivity index (χ1v) is 8.21. The van der Waals surface area contributed by atoms with E-state index in [2.05, 4.69) is 39.6 Å². The molecule has 0 radical (unpaired) electrons. The number of carbonyl (C=O) groups is 1. The van der Waals surface area contributed by atoms with Crippen LogP contribution in [0, 0.1) is 0 Å². The molecular weight excluding hydrogens is 288 g/mol. The van der Waals surface area contributed by atoms with Crippen molar-refractivity contribution in [1.29, 1.82) is 0 Å². The molecule has 1 aromatic carbocycles. The summed E-state index contributed by atoms with van der Waals surface area (Å²) in [5.74, 6) is 0.779. The van der Waals surface area contributed by atoms with Crippen LogP contribution in [0.2, 0.25) is 0 Å². The number of rotatable bonds is 4. The van der Waals surface area contributed by atoms with Gasteiger partial charge in [-0.2, -0.15) is 5.10 Å². The molecule has 122 valence electrons. The number of amides is 1. The van der Waals surface area contributed by atoms with Crippen LogP contribution >= 0.6 is 0 Å². The first-order chi connectivity index (χ1) is 11.1. The van der Waals surface area contributed by atoms with E-state index in [9.17, 15) is 4.79 Å². The summed E-state index contributed by atoms with van der Waals surface area (Å²) in [4.78, 5) is 14.8. The van der Waals surface area contributed by atoms with E-state index in [4.69, 9.17) is 0 Å². The Morgan fingerprint density at radius 1 is 1.17 bits per heavy atom. The minimum Gasteiger partial charge on any atom is -0.310 e. The highest BCUT2D eigenvalue weighted by Gasteiger charge is 2.25. The smallest absolute Gasteiger partial charge is 0.242 e. The molecule has 2 aromatic rings. The molecule has 0 saturated carbocycles. The van der Waals surface area contributed by atoms with Crippen LogP contribution in [0.15, 0.2) is 36.5 Å². The van der Waals surface area contributed by atoms with Gasteiger partial charge in [0.05, 0.1) is 12.2 Å². The lowest BCUT2D eigenvalue weighted by molar-refractivity contribution is -0.121. The van der Waals surface area contributed by atoms with Crippen molar-refractivity contribution in [3.63, 3.8) is 0 Å². The third-order valence-corrected chi connectivity index (χ3v) is 4.50. The molecule has 23 heavy (non-hydrogen) atoms. The monoisotopic (exact) mass is 312 g/mol. The molecule has 5 heteroatoms. The van der Waals surface area contributed by atoms with Gasteiger partial charge in [0, 0.05) is 25.2 Å². The molecular formula is C18H24N4O. The van der Waals surface area contributed by atoms with Crippen LogP contribution in [0.1, 0.15) is 37.9 Å². The minimum atomic E-state index is -0.168.